The summed E-state index contributed by atoms with van der Waals surface area (Å²) in [6.45, 7) is 0.342. The Labute approximate surface area is 170 Å². The van der Waals surface area contributed by atoms with Gasteiger partial charge < -0.3 is 10.6 Å². The van der Waals surface area contributed by atoms with Crippen LogP contribution in [0.1, 0.15) is 52.7 Å². The van der Waals surface area contributed by atoms with E-state index in [-0.39, 0.29) is 17.2 Å². The van der Waals surface area contributed by atoms with E-state index >= 15 is 0 Å². The summed E-state index contributed by atoms with van der Waals surface area (Å²) < 4.78 is 50.5. The van der Waals surface area contributed by atoms with Gasteiger partial charge in [0.15, 0.2) is 5.69 Å². The number of nitrogens with zero attached hydrogens (tertiary/aromatic N) is 3. The number of hydrogen-bond donors (Lipinski definition) is 2. The molecule has 0 aliphatic heterocycles. The molecule has 164 valence electrons. The Balaban J connectivity index is 2.22. The molecule has 0 aliphatic rings. The first kappa shape index (κ1) is 23.3. The van der Waals surface area contributed by atoms with E-state index in [1.807, 2.05) is 0 Å². The van der Waals surface area contributed by atoms with Crippen LogP contribution in [0.15, 0.2) is 24.3 Å². The van der Waals surface area contributed by atoms with Gasteiger partial charge >= 0.3 is 6.18 Å². The monoisotopic (exact) mass is 429 g/mol. The van der Waals surface area contributed by atoms with Gasteiger partial charge in [0.2, 0.25) is 0 Å². The number of nitrogens with one attached hydrogen (secondary N) is 2. The van der Waals surface area contributed by atoms with Gasteiger partial charge in [-0.3, -0.25) is 14.0 Å². The predicted molar refractivity (Wildman–Crippen MR) is 101 cm³/mol. The maximum atomic E-state index is 12.3. The zero-order chi connectivity index (χ0) is 22.1. The number of alkyl halides is 4. The molecule has 0 unspecified atom stereocenters. The first-order chi connectivity index (χ1) is 14.3. The number of unbranched alkanes of at least 4 members (excludes halogenated alkanes) is 2. The smallest absolute Gasteiger partial charge is 0.351 e. The molecule has 0 saturated heterocycles. The van der Waals surface area contributed by atoms with Crippen LogP contribution in [-0.2, 0) is 6.42 Å². The molecule has 0 aliphatic carbocycles. The molecule has 2 N–H and O–H groups in total. The van der Waals surface area contributed by atoms with Gasteiger partial charge in [0, 0.05) is 12.1 Å². The SMILES string of the molecule is CCNC(=O)c1nnn(-c2ccc(C(=O)NCC(F)(F)F)cc2)c1CCCCCF. The molecular formula is C19H23F4N5O2. The second-order valence-corrected chi connectivity index (χ2v) is 6.50. The number of halogens is 4. The number of hydrogen-bond acceptors (Lipinski definition) is 4. The molecule has 11 heteroatoms. The molecule has 0 fully saturated rings. The zero-order valence-electron chi connectivity index (χ0n) is 16.4. The molecule has 2 rings (SSSR count). The van der Waals surface area contributed by atoms with Crippen LogP contribution in [0.2, 0.25) is 0 Å². The molecule has 1 aromatic heterocycles. The lowest BCUT2D eigenvalue weighted by molar-refractivity contribution is -0.123. The summed E-state index contributed by atoms with van der Waals surface area (Å²) in [6.07, 6.45) is -2.38. The van der Waals surface area contributed by atoms with Crippen molar-refractivity contribution in [2.75, 3.05) is 19.8 Å². The van der Waals surface area contributed by atoms with E-state index < -0.39 is 25.3 Å². The summed E-state index contributed by atoms with van der Waals surface area (Å²) >= 11 is 0. The van der Waals surface area contributed by atoms with Crippen LogP contribution in [0.25, 0.3) is 5.69 Å². The summed E-state index contributed by atoms with van der Waals surface area (Å²) in [4.78, 5) is 24.1. The molecule has 7 nitrogen and oxygen atoms in total. The Bertz CT molecular complexity index is 850. The van der Waals surface area contributed by atoms with E-state index in [9.17, 15) is 27.2 Å². The highest BCUT2D eigenvalue weighted by Gasteiger charge is 2.28. The number of benzene rings is 1. The minimum absolute atomic E-state index is 0.0524. The maximum absolute atomic E-state index is 12.3. The molecule has 0 radical (unpaired) electrons. The van der Waals surface area contributed by atoms with E-state index in [2.05, 4.69) is 15.6 Å². The van der Waals surface area contributed by atoms with E-state index in [1.54, 1.807) is 12.2 Å². The van der Waals surface area contributed by atoms with Crippen molar-refractivity contribution in [1.82, 2.24) is 25.6 Å². The highest BCUT2D eigenvalue weighted by Crippen LogP contribution is 2.18. The Morgan fingerprint density at radius 1 is 1.03 bits per heavy atom. The molecule has 0 bridgehead atoms. The second-order valence-electron chi connectivity index (χ2n) is 6.50. The largest absolute Gasteiger partial charge is 0.405 e. The van der Waals surface area contributed by atoms with Crippen molar-refractivity contribution in [2.24, 2.45) is 0 Å². The quantitative estimate of drug-likeness (QED) is 0.449. The molecule has 1 aromatic carbocycles. The fraction of sp³-hybridized carbons (Fsp3) is 0.474. The molecule has 0 atom stereocenters. The summed E-state index contributed by atoms with van der Waals surface area (Å²) in [7, 11) is 0. The zero-order valence-corrected chi connectivity index (χ0v) is 16.4. The van der Waals surface area contributed by atoms with Crippen LogP contribution in [0.3, 0.4) is 0 Å². The predicted octanol–water partition coefficient (Wildman–Crippen LogP) is 2.99. The van der Waals surface area contributed by atoms with E-state index in [4.69, 9.17) is 0 Å². The fourth-order valence-electron chi connectivity index (χ4n) is 2.75. The van der Waals surface area contributed by atoms with Crippen LogP contribution >= 0.6 is 0 Å². The number of aromatic nitrogens is 3. The van der Waals surface area contributed by atoms with E-state index in [0.29, 0.717) is 43.6 Å². The standard InChI is InChI=1S/C19H23F4N5O2/c1-2-24-18(30)16-15(6-4-3-5-11-20)28(27-26-16)14-9-7-13(8-10-14)17(29)25-12-19(21,22)23/h7-10H,2-6,11-12H2,1H3,(H,24,30)(H,25,29). The third-order valence-corrected chi connectivity index (χ3v) is 4.19. The average molecular weight is 429 g/mol. The minimum Gasteiger partial charge on any atom is -0.351 e. The van der Waals surface area contributed by atoms with Crippen LogP contribution < -0.4 is 10.6 Å². The topological polar surface area (TPSA) is 88.9 Å². The average Bonchev–Trinajstić information content (AvgIpc) is 3.13. The normalized spacial score (nSPS) is 11.4. The van der Waals surface area contributed by atoms with Crippen LogP contribution in [0.5, 0.6) is 0 Å². The van der Waals surface area contributed by atoms with Gasteiger partial charge in [-0.2, -0.15) is 13.2 Å². The van der Waals surface area contributed by atoms with E-state index in [0.717, 1.165) is 0 Å². The van der Waals surface area contributed by atoms with Crippen LogP contribution in [0.4, 0.5) is 17.6 Å². The van der Waals surface area contributed by atoms with Crippen molar-refractivity contribution in [2.45, 2.75) is 38.8 Å². The lowest BCUT2D eigenvalue weighted by atomic mass is 10.1. The highest BCUT2D eigenvalue weighted by molar-refractivity contribution is 5.94. The number of carbonyl (C=O) groups excluding carboxylic acids is 2. The van der Waals surface area contributed by atoms with Crippen molar-refractivity contribution < 1.29 is 27.2 Å². The van der Waals surface area contributed by atoms with Crippen LogP contribution in [0, 0.1) is 0 Å². The van der Waals surface area contributed by atoms with E-state index in [1.165, 1.54) is 28.9 Å². The first-order valence-electron chi connectivity index (χ1n) is 9.51. The van der Waals surface area contributed by atoms with Crippen molar-refractivity contribution in [3.8, 4) is 5.69 Å². The Kier molecular flexibility index (Phi) is 8.31. The molecule has 1 heterocycles. The summed E-state index contributed by atoms with van der Waals surface area (Å²) in [5, 5.41) is 12.4. The molecule has 0 saturated carbocycles. The Hall–Kier alpha value is -2.98. The molecular weight excluding hydrogens is 406 g/mol. The summed E-state index contributed by atoms with van der Waals surface area (Å²) in [5.74, 6) is -1.24. The van der Waals surface area contributed by atoms with Gasteiger partial charge in [-0.25, -0.2) is 4.68 Å². The second kappa shape index (κ2) is 10.7. The summed E-state index contributed by atoms with van der Waals surface area (Å²) in [6, 6.07) is 5.73. The van der Waals surface area contributed by atoms with Gasteiger partial charge in [0.1, 0.15) is 6.54 Å². The minimum atomic E-state index is -4.50. The molecule has 0 spiro atoms. The number of amides is 2. The molecule has 2 amide bonds. The number of rotatable bonds is 10. The maximum Gasteiger partial charge on any atom is 0.405 e. The fourth-order valence-corrected chi connectivity index (χ4v) is 2.75. The lowest BCUT2D eigenvalue weighted by Gasteiger charge is -2.10. The Morgan fingerprint density at radius 3 is 2.33 bits per heavy atom. The number of carbonyl (C=O) groups is 2. The highest BCUT2D eigenvalue weighted by atomic mass is 19.4. The van der Waals surface area contributed by atoms with Crippen molar-refractivity contribution in [1.29, 1.82) is 0 Å². The molecule has 2 aromatic rings. The van der Waals surface area contributed by atoms with Gasteiger partial charge in [-0.1, -0.05) is 11.6 Å². The van der Waals surface area contributed by atoms with Gasteiger partial charge in [-0.15, -0.1) is 5.10 Å². The van der Waals surface area contributed by atoms with Crippen molar-refractivity contribution >= 4 is 11.8 Å². The van der Waals surface area contributed by atoms with Crippen molar-refractivity contribution in [3.63, 3.8) is 0 Å². The van der Waals surface area contributed by atoms with Gasteiger partial charge in [-0.05, 0) is 50.5 Å². The third kappa shape index (κ3) is 6.53. The van der Waals surface area contributed by atoms with Crippen molar-refractivity contribution in [3.05, 3.63) is 41.2 Å². The molecule has 30 heavy (non-hydrogen) atoms. The first-order valence-corrected chi connectivity index (χ1v) is 9.51. The van der Waals surface area contributed by atoms with Crippen LogP contribution in [-0.4, -0.2) is 52.7 Å². The Morgan fingerprint density at radius 2 is 1.73 bits per heavy atom. The van der Waals surface area contributed by atoms with Gasteiger partial charge in [0.25, 0.3) is 11.8 Å². The summed E-state index contributed by atoms with van der Waals surface area (Å²) in [5.41, 5.74) is 1.24. The lowest BCUT2D eigenvalue weighted by Crippen LogP contribution is -2.33. The van der Waals surface area contributed by atoms with Gasteiger partial charge in [0.05, 0.1) is 18.1 Å². The third-order valence-electron chi connectivity index (χ3n) is 4.19.